The third-order valence-electron chi connectivity index (χ3n) is 4.19. The van der Waals surface area contributed by atoms with Crippen molar-refractivity contribution in [2.75, 3.05) is 31.1 Å². The maximum Gasteiger partial charge on any atom is 0.407 e. The molecule has 0 saturated carbocycles. The van der Waals surface area contributed by atoms with E-state index in [0.29, 0.717) is 12.1 Å². The number of primary amides is 1. The Balaban J connectivity index is 1.89. The summed E-state index contributed by atoms with van der Waals surface area (Å²) in [4.78, 5) is 40.9. The first-order valence-electron chi connectivity index (χ1n) is 7.85. The number of pyridine rings is 1. The van der Waals surface area contributed by atoms with Crippen LogP contribution in [0.1, 0.15) is 30.1 Å². The maximum absolute atomic E-state index is 11.3. The number of hydrogen-bond acceptors (Lipinski definition) is 5. The summed E-state index contributed by atoms with van der Waals surface area (Å²) in [7, 11) is 0. The highest BCUT2D eigenvalue weighted by atomic mass is 16.4. The number of piperidine rings is 1. The Morgan fingerprint density at radius 3 is 2.46 bits per heavy atom. The number of aromatic nitrogens is 1. The normalized spacial score (nSPS) is 15.1. The first-order valence-corrected chi connectivity index (χ1v) is 7.85. The maximum atomic E-state index is 11.3. The third kappa shape index (κ3) is 4.68. The SMILES string of the molecule is CC(=O)c1ccc(N2CCC(CN(CC(N)=O)C(=O)O)CC2)nc1. The van der Waals surface area contributed by atoms with Gasteiger partial charge in [0.05, 0.1) is 0 Å². The van der Waals surface area contributed by atoms with E-state index in [1.165, 1.54) is 6.92 Å². The lowest BCUT2D eigenvalue weighted by atomic mass is 9.96. The molecular weight excluding hydrogens is 312 g/mol. The Bertz CT molecular complexity index is 609. The van der Waals surface area contributed by atoms with Crippen LogP contribution in [0.15, 0.2) is 18.3 Å². The predicted octanol–water partition coefficient (Wildman–Crippen LogP) is 0.966. The van der Waals surface area contributed by atoms with Gasteiger partial charge in [-0.25, -0.2) is 9.78 Å². The zero-order valence-electron chi connectivity index (χ0n) is 13.6. The molecule has 8 heteroatoms. The number of nitrogens with zero attached hydrogens (tertiary/aromatic N) is 3. The Labute approximate surface area is 140 Å². The number of anilines is 1. The standard InChI is InChI=1S/C16H22N4O4/c1-11(21)13-2-3-15(18-8-13)19-6-4-12(5-7-19)9-20(16(23)24)10-14(17)22/h2-3,8,12H,4-7,9-10H2,1H3,(H2,17,22)(H,23,24). The van der Waals surface area contributed by atoms with Gasteiger partial charge >= 0.3 is 6.09 Å². The number of amides is 2. The van der Waals surface area contributed by atoms with Crippen LogP contribution in [0.2, 0.25) is 0 Å². The predicted molar refractivity (Wildman–Crippen MR) is 88.0 cm³/mol. The number of rotatable bonds is 6. The number of hydrogen-bond donors (Lipinski definition) is 2. The summed E-state index contributed by atoms with van der Waals surface area (Å²) in [6.07, 6.45) is 2.05. The smallest absolute Gasteiger partial charge is 0.407 e. The van der Waals surface area contributed by atoms with E-state index >= 15 is 0 Å². The molecule has 24 heavy (non-hydrogen) atoms. The number of Topliss-reactive ketones (excluding diaryl/α,β-unsaturated/α-hetero) is 1. The Morgan fingerprint density at radius 1 is 1.33 bits per heavy atom. The third-order valence-corrected chi connectivity index (χ3v) is 4.19. The molecule has 1 fully saturated rings. The van der Waals surface area contributed by atoms with Crippen molar-refractivity contribution in [3.8, 4) is 0 Å². The molecule has 8 nitrogen and oxygen atoms in total. The minimum atomic E-state index is -1.13. The number of carbonyl (C=O) groups is 3. The largest absolute Gasteiger partial charge is 0.465 e. The first-order chi connectivity index (χ1) is 11.4. The molecule has 1 saturated heterocycles. The van der Waals surface area contributed by atoms with E-state index in [4.69, 9.17) is 10.8 Å². The summed E-state index contributed by atoms with van der Waals surface area (Å²) < 4.78 is 0. The molecule has 2 heterocycles. The monoisotopic (exact) mass is 334 g/mol. The number of nitrogens with two attached hydrogens (primary N) is 1. The highest BCUT2D eigenvalue weighted by Crippen LogP contribution is 2.22. The summed E-state index contributed by atoms with van der Waals surface area (Å²) in [5, 5.41) is 9.12. The zero-order valence-corrected chi connectivity index (χ0v) is 13.6. The zero-order chi connectivity index (χ0) is 17.7. The van der Waals surface area contributed by atoms with Gasteiger partial charge in [-0.1, -0.05) is 0 Å². The van der Waals surface area contributed by atoms with Gasteiger partial charge in [-0.15, -0.1) is 0 Å². The van der Waals surface area contributed by atoms with Crippen LogP contribution < -0.4 is 10.6 Å². The summed E-state index contributed by atoms with van der Waals surface area (Å²) in [6, 6.07) is 3.59. The van der Waals surface area contributed by atoms with E-state index in [1.54, 1.807) is 12.3 Å². The lowest BCUT2D eigenvalue weighted by Gasteiger charge is -2.34. The van der Waals surface area contributed by atoms with E-state index in [9.17, 15) is 14.4 Å². The molecule has 0 unspecified atom stereocenters. The molecule has 0 aliphatic carbocycles. The van der Waals surface area contributed by atoms with Crippen molar-refractivity contribution >= 4 is 23.6 Å². The van der Waals surface area contributed by atoms with Crippen molar-refractivity contribution in [1.82, 2.24) is 9.88 Å². The van der Waals surface area contributed by atoms with Crippen molar-refractivity contribution in [3.05, 3.63) is 23.9 Å². The second-order valence-corrected chi connectivity index (χ2v) is 6.02. The summed E-state index contributed by atoms with van der Waals surface area (Å²) in [5.74, 6) is 0.333. The lowest BCUT2D eigenvalue weighted by Crippen LogP contribution is -2.43. The molecule has 0 radical (unpaired) electrons. The van der Waals surface area contributed by atoms with Crippen LogP contribution in [0.5, 0.6) is 0 Å². The molecule has 1 aliphatic rings. The topological polar surface area (TPSA) is 117 Å². The average molecular weight is 334 g/mol. The summed E-state index contributed by atoms with van der Waals surface area (Å²) in [6.45, 7) is 3.04. The van der Waals surface area contributed by atoms with Gasteiger partial charge in [-0.05, 0) is 37.8 Å². The number of carboxylic acid groups (broad SMARTS) is 1. The van der Waals surface area contributed by atoms with Crippen molar-refractivity contribution in [1.29, 1.82) is 0 Å². The van der Waals surface area contributed by atoms with Crippen LogP contribution >= 0.6 is 0 Å². The molecule has 130 valence electrons. The van der Waals surface area contributed by atoms with Gasteiger partial charge in [0.15, 0.2) is 5.78 Å². The van der Waals surface area contributed by atoms with Gasteiger partial charge < -0.3 is 15.7 Å². The molecule has 3 N–H and O–H groups in total. The van der Waals surface area contributed by atoms with Crippen LogP contribution in [-0.2, 0) is 4.79 Å². The highest BCUT2D eigenvalue weighted by molar-refractivity contribution is 5.93. The van der Waals surface area contributed by atoms with Crippen molar-refractivity contribution < 1.29 is 19.5 Å². The van der Waals surface area contributed by atoms with Gasteiger partial charge in [0, 0.05) is 31.4 Å². The first kappa shape index (κ1) is 17.7. The van der Waals surface area contributed by atoms with Gasteiger partial charge in [-0.3, -0.25) is 14.5 Å². The van der Waals surface area contributed by atoms with Gasteiger partial charge in [0.2, 0.25) is 5.91 Å². The molecule has 0 bridgehead atoms. The molecule has 1 aliphatic heterocycles. The highest BCUT2D eigenvalue weighted by Gasteiger charge is 2.25. The van der Waals surface area contributed by atoms with Crippen molar-refractivity contribution in [2.24, 2.45) is 11.7 Å². The quantitative estimate of drug-likeness (QED) is 0.749. The van der Waals surface area contributed by atoms with E-state index in [0.717, 1.165) is 36.6 Å². The van der Waals surface area contributed by atoms with Gasteiger partial charge in [-0.2, -0.15) is 0 Å². The van der Waals surface area contributed by atoms with Crippen LogP contribution in [0.4, 0.5) is 10.6 Å². The van der Waals surface area contributed by atoms with Gasteiger partial charge in [0.25, 0.3) is 0 Å². The van der Waals surface area contributed by atoms with Crippen LogP contribution in [-0.4, -0.2) is 59.0 Å². The van der Waals surface area contributed by atoms with Crippen molar-refractivity contribution in [2.45, 2.75) is 19.8 Å². The van der Waals surface area contributed by atoms with Crippen LogP contribution in [0.25, 0.3) is 0 Å². The molecule has 1 aromatic heterocycles. The Hall–Kier alpha value is -2.64. The minimum absolute atomic E-state index is 0.0176. The fourth-order valence-electron chi connectivity index (χ4n) is 2.84. The molecule has 0 aromatic carbocycles. The second-order valence-electron chi connectivity index (χ2n) is 6.02. The molecular formula is C16H22N4O4. The summed E-state index contributed by atoms with van der Waals surface area (Å²) in [5.41, 5.74) is 5.66. The molecule has 0 atom stereocenters. The number of carbonyl (C=O) groups excluding carboxylic acids is 2. The molecule has 2 rings (SSSR count). The molecule has 0 spiro atoms. The number of ketones is 1. The van der Waals surface area contributed by atoms with E-state index in [-0.39, 0.29) is 18.2 Å². The molecule has 1 aromatic rings. The van der Waals surface area contributed by atoms with E-state index < -0.39 is 12.0 Å². The van der Waals surface area contributed by atoms with E-state index in [2.05, 4.69) is 9.88 Å². The van der Waals surface area contributed by atoms with Crippen LogP contribution in [0, 0.1) is 5.92 Å². The van der Waals surface area contributed by atoms with Crippen molar-refractivity contribution in [3.63, 3.8) is 0 Å². The lowest BCUT2D eigenvalue weighted by molar-refractivity contribution is -0.119. The average Bonchev–Trinajstić information content (AvgIpc) is 2.54. The fourth-order valence-corrected chi connectivity index (χ4v) is 2.84. The molecule has 2 amide bonds. The summed E-state index contributed by atoms with van der Waals surface area (Å²) >= 11 is 0. The Morgan fingerprint density at radius 2 is 2.00 bits per heavy atom. The fraction of sp³-hybridized carbons (Fsp3) is 0.500. The Kier molecular flexibility index (Phi) is 5.73. The van der Waals surface area contributed by atoms with Gasteiger partial charge in [0.1, 0.15) is 12.4 Å². The van der Waals surface area contributed by atoms with E-state index in [1.807, 2.05) is 6.07 Å². The minimum Gasteiger partial charge on any atom is -0.465 e. The second kappa shape index (κ2) is 7.76. The van der Waals surface area contributed by atoms with Crippen LogP contribution in [0.3, 0.4) is 0 Å².